The van der Waals surface area contributed by atoms with Gasteiger partial charge in [0.25, 0.3) is 0 Å². The number of ether oxygens (including phenoxy) is 1. The van der Waals surface area contributed by atoms with Crippen LogP contribution in [0.1, 0.15) is 48.9 Å². The Morgan fingerprint density at radius 3 is 2.38 bits per heavy atom. The van der Waals surface area contributed by atoms with Gasteiger partial charge < -0.3 is 15.4 Å². The molecule has 3 rings (SSSR count). The molecule has 2 amide bonds. The van der Waals surface area contributed by atoms with Gasteiger partial charge in [0.15, 0.2) is 0 Å². The van der Waals surface area contributed by atoms with Crippen LogP contribution in [0.2, 0.25) is 0 Å². The van der Waals surface area contributed by atoms with E-state index in [1.807, 2.05) is 0 Å². The zero-order chi connectivity index (χ0) is 17.2. The Bertz CT molecular complexity index is 661. The van der Waals surface area contributed by atoms with Gasteiger partial charge in [-0.15, -0.1) is 0 Å². The lowest BCUT2D eigenvalue weighted by atomic mass is 10.0. The molecule has 2 fully saturated rings. The zero-order valence-electron chi connectivity index (χ0n) is 13.8. The number of methoxy groups -OCH3 is 1. The lowest BCUT2D eigenvalue weighted by molar-refractivity contribution is -0.134. The molecule has 6 nitrogen and oxygen atoms in total. The Kier molecular flexibility index (Phi) is 4.55. The fourth-order valence-electron chi connectivity index (χ4n) is 3.20. The van der Waals surface area contributed by atoms with Crippen LogP contribution in [0.4, 0.5) is 5.69 Å². The molecular weight excluding hydrogens is 308 g/mol. The number of esters is 1. The average Bonchev–Trinajstić information content (AvgIpc) is 3.26. The number of carbonyl (C=O) groups excluding carboxylic acids is 3. The first-order valence-corrected chi connectivity index (χ1v) is 8.36. The molecule has 2 N–H and O–H groups in total. The summed E-state index contributed by atoms with van der Waals surface area (Å²) >= 11 is 0. The minimum Gasteiger partial charge on any atom is -0.465 e. The molecule has 2 aliphatic rings. The predicted octanol–water partition coefficient (Wildman–Crippen LogP) is 2.25. The monoisotopic (exact) mass is 330 g/mol. The number of hydrogen-bond donors (Lipinski definition) is 2. The first kappa shape index (κ1) is 16.5. The fraction of sp³-hybridized carbons (Fsp3) is 0.500. The van der Waals surface area contributed by atoms with Crippen molar-refractivity contribution >= 4 is 23.5 Å². The Labute approximate surface area is 140 Å². The second-order valence-electron chi connectivity index (χ2n) is 6.53. The molecule has 6 heteroatoms. The standard InChI is InChI=1S/C18H22N2O4/c1-24-15(21)13-8-4-5-9-14(13)20-17(23)18(10-11-18)16(22)19-12-6-2-3-7-12/h4-5,8-9,12H,2-3,6-7,10-11H2,1H3,(H,19,22)(H,20,23). The number of rotatable bonds is 5. The molecule has 0 spiro atoms. The molecule has 2 saturated carbocycles. The van der Waals surface area contributed by atoms with Gasteiger partial charge in [-0.3, -0.25) is 9.59 Å². The molecule has 24 heavy (non-hydrogen) atoms. The Balaban J connectivity index is 1.70. The summed E-state index contributed by atoms with van der Waals surface area (Å²) in [6, 6.07) is 6.82. The number of anilines is 1. The van der Waals surface area contributed by atoms with E-state index in [2.05, 4.69) is 10.6 Å². The van der Waals surface area contributed by atoms with Crippen LogP contribution in [0.15, 0.2) is 24.3 Å². The van der Waals surface area contributed by atoms with Crippen LogP contribution in [0, 0.1) is 5.41 Å². The molecule has 0 aromatic heterocycles. The van der Waals surface area contributed by atoms with Gasteiger partial charge in [0.05, 0.1) is 18.4 Å². The topological polar surface area (TPSA) is 84.5 Å². The molecule has 0 unspecified atom stereocenters. The van der Waals surface area contributed by atoms with Gasteiger partial charge in [-0.05, 0) is 37.8 Å². The summed E-state index contributed by atoms with van der Waals surface area (Å²) in [5.41, 5.74) is -0.346. The van der Waals surface area contributed by atoms with E-state index in [0.717, 1.165) is 25.7 Å². The summed E-state index contributed by atoms with van der Waals surface area (Å²) in [6.45, 7) is 0. The van der Waals surface area contributed by atoms with Gasteiger partial charge in [-0.2, -0.15) is 0 Å². The van der Waals surface area contributed by atoms with Crippen molar-refractivity contribution in [1.82, 2.24) is 5.32 Å². The lowest BCUT2D eigenvalue weighted by Crippen LogP contribution is -2.43. The second-order valence-corrected chi connectivity index (χ2v) is 6.53. The van der Waals surface area contributed by atoms with E-state index >= 15 is 0 Å². The first-order valence-electron chi connectivity index (χ1n) is 8.36. The highest BCUT2D eigenvalue weighted by Crippen LogP contribution is 2.47. The van der Waals surface area contributed by atoms with Crippen LogP contribution in [0.25, 0.3) is 0 Å². The van der Waals surface area contributed by atoms with Gasteiger partial charge in [-0.1, -0.05) is 25.0 Å². The van der Waals surface area contributed by atoms with E-state index in [1.165, 1.54) is 7.11 Å². The maximum atomic E-state index is 12.7. The van der Waals surface area contributed by atoms with Gasteiger partial charge in [0.2, 0.25) is 11.8 Å². The van der Waals surface area contributed by atoms with E-state index in [0.29, 0.717) is 18.5 Å². The maximum absolute atomic E-state index is 12.7. The third-order valence-electron chi connectivity index (χ3n) is 4.89. The van der Waals surface area contributed by atoms with E-state index in [1.54, 1.807) is 24.3 Å². The van der Waals surface area contributed by atoms with Crippen LogP contribution < -0.4 is 10.6 Å². The molecule has 0 heterocycles. The number of carbonyl (C=O) groups is 3. The highest BCUT2D eigenvalue weighted by Gasteiger charge is 2.57. The number of benzene rings is 1. The highest BCUT2D eigenvalue weighted by atomic mass is 16.5. The van der Waals surface area contributed by atoms with Crippen molar-refractivity contribution in [2.45, 2.75) is 44.6 Å². The zero-order valence-corrected chi connectivity index (χ0v) is 13.8. The molecule has 1 aromatic carbocycles. The third-order valence-corrected chi connectivity index (χ3v) is 4.89. The van der Waals surface area contributed by atoms with Crippen molar-refractivity contribution in [3.8, 4) is 0 Å². The van der Waals surface area contributed by atoms with Gasteiger partial charge in [-0.25, -0.2) is 4.79 Å². The molecule has 2 aliphatic carbocycles. The maximum Gasteiger partial charge on any atom is 0.339 e. The Hall–Kier alpha value is -2.37. The average molecular weight is 330 g/mol. The third kappa shape index (κ3) is 3.13. The second kappa shape index (κ2) is 6.63. The quantitative estimate of drug-likeness (QED) is 0.640. The highest BCUT2D eigenvalue weighted by molar-refractivity contribution is 6.14. The van der Waals surface area contributed by atoms with E-state index in [9.17, 15) is 14.4 Å². The van der Waals surface area contributed by atoms with E-state index in [4.69, 9.17) is 4.74 Å². The molecule has 0 bridgehead atoms. The number of nitrogens with one attached hydrogen (secondary N) is 2. The van der Waals surface area contributed by atoms with Crippen LogP contribution in [0.3, 0.4) is 0 Å². The molecule has 0 radical (unpaired) electrons. The van der Waals surface area contributed by atoms with E-state index in [-0.39, 0.29) is 23.4 Å². The van der Waals surface area contributed by atoms with Crippen molar-refractivity contribution in [1.29, 1.82) is 0 Å². The van der Waals surface area contributed by atoms with Crippen molar-refractivity contribution in [3.05, 3.63) is 29.8 Å². The van der Waals surface area contributed by atoms with Crippen LogP contribution in [-0.4, -0.2) is 30.9 Å². The summed E-state index contributed by atoms with van der Waals surface area (Å²) in [6.07, 6.45) is 5.28. The number of para-hydroxylation sites is 1. The normalized spacial score (nSPS) is 18.7. The molecule has 128 valence electrons. The summed E-state index contributed by atoms with van der Waals surface area (Å²) in [4.78, 5) is 37.0. The minimum absolute atomic E-state index is 0.185. The van der Waals surface area contributed by atoms with Crippen molar-refractivity contribution in [2.75, 3.05) is 12.4 Å². The summed E-state index contributed by atoms with van der Waals surface area (Å²) in [5.74, 6) is -1.07. The summed E-state index contributed by atoms with van der Waals surface area (Å²) in [5, 5.41) is 5.74. The SMILES string of the molecule is COC(=O)c1ccccc1NC(=O)C1(C(=O)NC2CCCC2)CC1. The largest absolute Gasteiger partial charge is 0.465 e. The number of amides is 2. The molecule has 1 aromatic rings. The lowest BCUT2D eigenvalue weighted by Gasteiger charge is -2.19. The first-order chi connectivity index (χ1) is 11.6. The smallest absolute Gasteiger partial charge is 0.339 e. The van der Waals surface area contributed by atoms with Gasteiger partial charge >= 0.3 is 5.97 Å². The fourth-order valence-corrected chi connectivity index (χ4v) is 3.20. The molecule has 0 aliphatic heterocycles. The predicted molar refractivity (Wildman–Crippen MR) is 88.5 cm³/mol. The molecule has 0 atom stereocenters. The van der Waals surface area contributed by atoms with Crippen molar-refractivity contribution in [3.63, 3.8) is 0 Å². The van der Waals surface area contributed by atoms with Crippen molar-refractivity contribution < 1.29 is 19.1 Å². The Morgan fingerprint density at radius 2 is 1.75 bits per heavy atom. The van der Waals surface area contributed by atoms with E-state index < -0.39 is 11.4 Å². The van der Waals surface area contributed by atoms with Crippen LogP contribution in [0.5, 0.6) is 0 Å². The van der Waals surface area contributed by atoms with Crippen LogP contribution >= 0.6 is 0 Å². The summed E-state index contributed by atoms with van der Waals surface area (Å²) in [7, 11) is 1.29. The number of hydrogen-bond acceptors (Lipinski definition) is 4. The van der Waals surface area contributed by atoms with Crippen LogP contribution in [-0.2, 0) is 14.3 Å². The molecule has 0 saturated heterocycles. The van der Waals surface area contributed by atoms with Gasteiger partial charge in [0, 0.05) is 6.04 Å². The minimum atomic E-state index is -0.994. The van der Waals surface area contributed by atoms with Gasteiger partial charge in [0.1, 0.15) is 5.41 Å². The summed E-state index contributed by atoms with van der Waals surface area (Å²) < 4.78 is 4.73. The Morgan fingerprint density at radius 1 is 1.08 bits per heavy atom. The molecular formula is C18H22N2O4. The van der Waals surface area contributed by atoms with Crippen molar-refractivity contribution in [2.24, 2.45) is 5.41 Å².